The van der Waals surface area contributed by atoms with Crippen molar-refractivity contribution in [3.8, 4) is 0 Å². The Bertz CT molecular complexity index is 369. The Kier molecular flexibility index (Phi) is 4.26. The third-order valence-electron chi connectivity index (χ3n) is 3.99. The quantitative estimate of drug-likeness (QED) is 0.850. The summed E-state index contributed by atoms with van der Waals surface area (Å²) in [5.41, 5.74) is 1.89. The molecular formula is C15H22BrN. The first kappa shape index (κ1) is 13.1. The number of rotatable bonds is 4. The molecule has 0 aromatic heterocycles. The Morgan fingerprint density at radius 2 is 2.06 bits per heavy atom. The molecule has 2 rings (SSSR count). The lowest BCUT2D eigenvalue weighted by atomic mass is 9.88. The van der Waals surface area contributed by atoms with Crippen molar-refractivity contribution >= 4 is 15.9 Å². The molecule has 2 heteroatoms. The van der Waals surface area contributed by atoms with E-state index in [2.05, 4.69) is 59.4 Å². The minimum absolute atomic E-state index is 0.435. The molecule has 0 bridgehead atoms. The zero-order valence-corrected chi connectivity index (χ0v) is 12.4. The molecule has 1 atom stereocenters. The molecule has 0 spiro atoms. The predicted octanol–water partition coefficient (Wildman–Crippen LogP) is 4.68. The summed E-state index contributed by atoms with van der Waals surface area (Å²) in [5.74, 6) is 0. The largest absolute Gasteiger partial charge is 0.310 e. The van der Waals surface area contributed by atoms with Gasteiger partial charge in [0.05, 0.1) is 0 Å². The highest BCUT2D eigenvalue weighted by molar-refractivity contribution is 9.10. The summed E-state index contributed by atoms with van der Waals surface area (Å²) >= 11 is 3.53. The standard InChI is InChI=1S/C15H22BrN/c1-12(13-6-5-7-14(16)10-13)17-11-15(2)8-3-4-9-15/h5-7,10,12,17H,3-4,8-9,11H2,1-2H3. The molecule has 0 saturated heterocycles. The van der Waals surface area contributed by atoms with Gasteiger partial charge in [0, 0.05) is 17.1 Å². The normalized spacial score (nSPS) is 20.4. The first-order valence-electron chi connectivity index (χ1n) is 6.58. The van der Waals surface area contributed by atoms with Crippen LogP contribution in [0.1, 0.15) is 51.1 Å². The molecule has 0 heterocycles. The van der Waals surface area contributed by atoms with Crippen molar-refractivity contribution in [3.05, 3.63) is 34.3 Å². The van der Waals surface area contributed by atoms with Gasteiger partial charge in [0.1, 0.15) is 0 Å². The number of nitrogens with one attached hydrogen (secondary N) is 1. The highest BCUT2D eigenvalue weighted by Gasteiger charge is 2.28. The second-order valence-corrected chi connectivity index (χ2v) is 6.59. The van der Waals surface area contributed by atoms with Gasteiger partial charge in [0.15, 0.2) is 0 Å². The van der Waals surface area contributed by atoms with Crippen molar-refractivity contribution in [1.82, 2.24) is 5.32 Å². The minimum atomic E-state index is 0.435. The molecule has 1 nitrogen and oxygen atoms in total. The van der Waals surface area contributed by atoms with E-state index in [0.29, 0.717) is 11.5 Å². The Hall–Kier alpha value is -0.340. The van der Waals surface area contributed by atoms with Crippen LogP contribution in [0, 0.1) is 5.41 Å². The van der Waals surface area contributed by atoms with Crippen LogP contribution >= 0.6 is 15.9 Å². The monoisotopic (exact) mass is 295 g/mol. The fourth-order valence-corrected chi connectivity index (χ4v) is 3.12. The molecular weight excluding hydrogens is 274 g/mol. The summed E-state index contributed by atoms with van der Waals surface area (Å²) in [7, 11) is 0. The molecule has 0 amide bonds. The van der Waals surface area contributed by atoms with Crippen molar-refractivity contribution in [2.24, 2.45) is 5.41 Å². The van der Waals surface area contributed by atoms with E-state index in [4.69, 9.17) is 0 Å². The first-order chi connectivity index (χ1) is 8.09. The lowest BCUT2D eigenvalue weighted by Crippen LogP contribution is -2.31. The van der Waals surface area contributed by atoms with E-state index >= 15 is 0 Å². The van der Waals surface area contributed by atoms with Crippen LogP contribution < -0.4 is 5.32 Å². The molecule has 1 unspecified atom stereocenters. The molecule has 0 aliphatic heterocycles. The van der Waals surface area contributed by atoms with Gasteiger partial charge >= 0.3 is 0 Å². The lowest BCUT2D eigenvalue weighted by Gasteiger charge is -2.26. The highest BCUT2D eigenvalue weighted by Crippen LogP contribution is 2.37. The van der Waals surface area contributed by atoms with Gasteiger partial charge in [-0.25, -0.2) is 0 Å². The molecule has 0 radical (unpaired) electrons. The molecule has 94 valence electrons. The number of hydrogen-bond acceptors (Lipinski definition) is 1. The van der Waals surface area contributed by atoms with Gasteiger partial charge in [-0.15, -0.1) is 0 Å². The number of halogens is 1. The predicted molar refractivity (Wildman–Crippen MR) is 77.1 cm³/mol. The fourth-order valence-electron chi connectivity index (χ4n) is 2.70. The van der Waals surface area contributed by atoms with Gasteiger partial charge in [-0.2, -0.15) is 0 Å². The average Bonchev–Trinajstić information content (AvgIpc) is 2.74. The van der Waals surface area contributed by atoms with Crippen molar-refractivity contribution in [3.63, 3.8) is 0 Å². The second kappa shape index (κ2) is 5.53. The molecule has 1 aliphatic carbocycles. The summed E-state index contributed by atoms with van der Waals surface area (Å²) in [5, 5.41) is 3.69. The average molecular weight is 296 g/mol. The molecule has 1 saturated carbocycles. The van der Waals surface area contributed by atoms with Gasteiger partial charge in [0.25, 0.3) is 0 Å². The van der Waals surface area contributed by atoms with Gasteiger partial charge in [-0.1, -0.05) is 47.8 Å². The number of benzene rings is 1. The maximum atomic E-state index is 3.69. The first-order valence-corrected chi connectivity index (χ1v) is 7.37. The summed E-state index contributed by atoms with van der Waals surface area (Å²) < 4.78 is 1.16. The summed E-state index contributed by atoms with van der Waals surface area (Å²) in [6, 6.07) is 9.02. The smallest absolute Gasteiger partial charge is 0.0292 e. The van der Waals surface area contributed by atoms with E-state index in [9.17, 15) is 0 Å². The molecule has 1 fully saturated rings. The van der Waals surface area contributed by atoms with Gasteiger partial charge < -0.3 is 5.32 Å². The Balaban J connectivity index is 1.91. The SMILES string of the molecule is CC(NCC1(C)CCCC1)c1cccc(Br)c1. The van der Waals surface area contributed by atoms with Gasteiger partial charge in [-0.3, -0.25) is 0 Å². The summed E-state index contributed by atoms with van der Waals surface area (Å²) in [6.45, 7) is 5.81. The Morgan fingerprint density at radius 1 is 1.35 bits per heavy atom. The number of hydrogen-bond donors (Lipinski definition) is 1. The van der Waals surface area contributed by atoms with Gasteiger partial charge in [0.2, 0.25) is 0 Å². The highest BCUT2D eigenvalue weighted by atomic mass is 79.9. The maximum Gasteiger partial charge on any atom is 0.0292 e. The van der Waals surface area contributed by atoms with E-state index in [-0.39, 0.29) is 0 Å². The van der Waals surface area contributed by atoms with Crippen LogP contribution in [0.5, 0.6) is 0 Å². The molecule has 1 aliphatic rings. The van der Waals surface area contributed by atoms with Crippen molar-refractivity contribution in [1.29, 1.82) is 0 Å². The Morgan fingerprint density at radius 3 is 2.71 bits per heavy atom. The van der Waals surface area contributed by atoms with Crippen LogP contribution in [0.2, 0.25) is 0 Å². The Labute approximate surface area is 113 Å². The van der Waals surface area contributed by atoms with Crippen LogP contribution in [0.3, 0.4) is 0 Å². The second-order valence-electron chi connectivity index (χ2n) is 5.68. The zero-order valence-electron chi connectivity index (χ0n) is 10.8. The van der Waals surface area contributed by atoms with Crippen molar-refractivity contribution in [2.75, 3.05) is 6.54 Å². The molecule has 1 aromatic rings. The van der Waals surface area contributed by atoms with E-state index in [0.717, 1.165) is 11.0 Å². The zero-order chi connectivity index (χ0) is 12.3. The third kappa shape index (κ3) is 3.56. The lowest BCUT2D eigenvalue weighted by molar-refractivity contribution is 0.302. The topological polar surface area (TPSA) is 12.0 Å². The van der Waals surface area contributed by atoms with E-state index in [1.807, 2.05) is 0 Å². The van der Waals surface area contributed by atoms with Crippen LogP contribution in [-0.4, -0.2) is 6.54 Å². The van der Waals surface area contributed by atoms with E-state index in [1.165, 1.54) is 31.2 Å². The van der Waals surface area contributed by atoms with Crippen LogP contribution in [0.25, 0.3) is 0 Å². The van der Waals surface area contributed by atoms with Crippen LogP contribution in [0.15, 0.2) is 28.7 Å². The molecule has 17 heavy (non-hydrogen) atoms. The van der Waals surface area contributed by atoms with Crippen molar-refractivity contribution < 1.29 is 0 Å². The van der Waals surface area contributed by atoms with Crippen LogP contribution in [-0.2, 0) is 0 Å². The summed E-state index contributed by atoms with van der Waals surface area (Å²) in [6.07, 6.45) is 5.57. The van der Waals surface area contributed by atoms with E-state index in [1.54, 1.807) is 0 Å². The fraction of sp³-hybridized carbons (Fsp3) is 0.600. The summed E-state index contributed by atoms with van der Waals surface area (Å²) in [4.78, 5) is 0. The molecule has 1 aromatic carbocycles. The van der Waals surface area contributed by atoms with Gasteiger partial charge in [-0.05, 0) is 42.9 Å². The minimum Gasteiger partial charge on any atom is -0.310 e. The van der Waals surface area contributed by atoms with E-state index < -0.39 is 0 Å². The molecule has 1 N–H and O–H groups in total. The maximum absolute atomic E-state index is 3.69. The van der Waals surface area contributed by atoms with Crippen molar-refractivity contribution in [2.45, 2.75) is 45.6 Å². The third-order valence-corrected chi connectivity index (χ3v) is 4.49. The van der Waals surface area contributed by atoms with Crippen LogP contribution in [0.4, 0.5) is 0 Å².